The van der Waals surface area contributed by atoms with Crippen LogP contribution in [0.2, 0.25) is 0 Å². The Morgan fingerprint density at radius 3 is 2.89 bits per heavy atom. The number of carbonyl (C=O) groups excluding carboxylic acids is 2. The van der Waals surface area contributed by atoms with E-state index in [1.165, 1.54) is 0 Å². The first-order valence-corrected chi connectivity index (χ1v) is 6.21. The van der Waals surface area contributed by atoms with Crippen molar-refractivity contribution in [2.45, 2.75) is 26.3 Å². The number of carbonyl (C=O) groups is 2. The van der Waals surface area contributed by atoms with Gasteiger partial charge in [0.25, 0.3) is 0 Å². The minimum atomic E-state index is -0.365. The molecule has 18 heavy (non-hydrogen) atoms. The Kier molecular flexibility index (Phi) is 3.65. The number of nitrogens with zero attached hydrogens (tertiary/aromatic N) is 1. The summed E-state index contributed by atoms with van der Waals surface area (Å²) in [5.41, 5.74) is 2.14. The summed E-state index contributed by atoms with van der Waals surface area (Å²) >= 11 is 0. The predicted octanol–water partition coefficient (Wildman–Crippen LogP) is 0.884. The van der Waals surface area contributed by atoms with E-state index in [-0.39, 0.29) is 17.9 Å². The average molecular weight is 246 g/mol. The van der Waals surface area contributed by atoms with Gasteiger partial charge in [-0.1, -0.05) is 24.3 Å². The van der Waals surface area contributed by atoms with Gasteiger partial charge in [-0.25, -0.2) is 0 Å². The molecule has 1 aliphatic rings. The molecular weight excluding hydrogens is 228 g/mol. The molecule has 1 aromatic carbocycles. The van der Waals surface area contributed by atoms with Gasteiger partial charge in [-0.2, -0.15) is 0 Å². The molecule has 1 atom stereocenters. The van der Waals surface area contributed by atoms with Crippen LogP contribution in [0.5, 0.6) is 0 Å². The van der Waals surface area contributed by atoms with E-state index < -0.39 is 0 Å². The molecule has 1 saturated heterocycles. The Balaban J connectivity index is 2.08. The van der Waals surface area contributed by atoms with Crippen LogP contribution in [-0.4, -0.2) is 35.8 Å². The van der Waals surface area contributed by atoms with Crippen LogP contribution in [0.15, 0.2) is 24.3 Å². The maximum Gasteiger partial charge on any atom is 0.242 e. The second-order valence-electron chi connectivity index (χ2n) is 4.66. The van der Waals surface area contributed by atoms with Crippen molar-refractivity contribution in [3.63, 3.8) is 0 Å². The third kappa shape index (κ3) is 2.53. The third-order valence-electron chi connectivity index (χ3n) is 3.42. The second-order valence-corrected chi connectivity index (χ2v) is 4.66. The number of hydrogen-bond acceptors (Lipinski definition) is 2. The number of hydrogen-bond donors (Lipinski definition) is 1. The van der Waals surface area contributed by atoms with Gasteiger partial charge in [0, 0.05) is 13.1 Å². The summed E-state index contributed by atoms with van der Waals surface area (Å²) in [6.45, 7) is 4.90. The Hall–Kier alpha value is -1.84. The van der Waals surface area contributed by atoms with E-state index in [2.05, 4.69) is 5.32 Å². The van der Waals surface area contributed by atoms with Gasteiger partial charge in [0.15, 0.2) is 0 Å². The first kappa shape index (κ1) is 12.6. The molecule has 1 unspecified atom stereocenters. The van der Waals surface area contributed by atoms with E-state index in [0.717, 1.165) is 11.1 Å². The lowest BCUT2D eigenvalue weighted by Gasteiger charge is -2.33. The highest BCUT2D eigenvalue weighted by Crippen LogP contribution is 2.12. The van der Waals surface area contributed by atoms with Crippen molar-refractivity contribution < 1.29 is 9.59 Å². The predicted molar refractivity (Wildman–Crippen MR) is 69.1 cm³/mol. The number of aryl methyl sites for hydroxylation is 1. The van der Waals surface area contributed by atoms with Crippen molar-refractivity contribution in [2.24, 2.45) is 0 Å². The number of amides is 2. The first-order chi connectivity index (χ1) is 8.59. The molecule has 2 rings (SSSR count). The highest BCUT2D eigenvalue weighted by atomic mass is 16.2. The Bertz CT molecular complexity index is 471. The first-order valence-electron chi connectivity index (χ1n) is 6.21. The molecule has 4 nitrogen and oxygen atoms in total. The topological polar surface area (TPSA) is 49.4 Å². The summed E-state index contributed by atoms with van der Waals surface area (Å²) in [4.78, 5) is 25.4. The highest BCUT2D eigenvalue weighted by molar-refractivity contribution is 5.89. The summed E-state index contributed by atoms with van der Waals surface area (Å²) in [5.74, 6) is -0.0500. The number of nitrogens with one attached hydrogen (secondary N) is 1. The van der Waals surface area contributed by atoms with Crippen LogP contribution in [0.1, 0.15) is 18.1 Å². The molecule has 0 spiro atoms. The molecule has 1 heterocycles. The molecule has 1 aliphatic heterocycles. The summed E-state index contributed by atoms with van der Waals surface area (Å²) in [7, 11) is 0. The van der Waals surface area contributed by atoms with Crippen LogP contribution < -0.4 is 5.32 Å². The molecule has 0 bridgehead atoms. The molecule has 0 saturated carbocycles. The molecule has 1 fully saturated rings. The Morgan fingerprint density at radius 1 is 1.44 bits per heavy atom. The maximum atomic E-state index is 12.2. The number of rotatable bonds is 2. The van der Waals surface area contributed by atoms with Crippen molar-refractivity contribution in [2.75, 3.05) is 13.1 Å². The molecule has 96 valence electrons. The lowest BCUT2D eigenvalue weighted by atomic mass is 10.0. The Labute approximate surface area is 107 Å². The number of piperazine rings is 1. The van der Waals surface area contributed by atoms with Crippen LogP contribution in [0.3, 0.4) is 0 Å². The zero-order chi connectivity index (χ0) is 13.1. The minimum Gasteiger partial charge on any atom is -0.353 e. The van der Waals surface area contributed by atoms with E-state index in [1.54, 1.807) is 11.8 Å². The van der Waals surface area contributed by atoms with Gasteiger partial charge in [-0.3, -0.25) is 9.59 Å². The third-order valence-corrected chi connectivity index (χ3v) is 3.42. The van der Waals surface area contributed by atoms with Crippen molar-refractivity contribution in [1.82, 2.24) is 10.2 Å². The van der Waals surface area contributed by atoms with E-state index in [1.807, 2.05) is 31.2 Å². The fourth-order valence-electron chi connectivity index (χ4n) is 2.20. The summed E-state index contributed by atoms with van der Waals surface area (Å²) in [6.07, 6.45) is 0.365. The smallest absolute Gasteiger partial charge is 0.242 e. The molecule has 4 heteroatoms. The largest absolute Gasteiger partial charge is 0.353 e. The molecule has 0 aromatic heterocycles. The zero-order valence-corrected chi connectivity index (χ0v) is 10.8. The molecule has 2 amide bonds. The van der Waals surface area contributed by atoms with Crippen LogP contribution in [0.4, 0.5) is 0 Å². The lowest BCUT2D eigenvalue weighted by Crippen LogP contribution is -2.56. The van der Waals surface area contributed by atoms with Crippen molar-refractivity contribution >= 4 is 11.8 Å². The molecule has 1 N–H and O–H groups in total. The fraction of sp³-hybridized carbons (Fsp3) is 0.429. The fourth-order valence-corrected chi connectivity index (χ4v) is 2.20. The van der Waals surface area contributed by atoms with Gasteiger partial charge in [-0.05, 0) is 25.0 Å². The van der Waals surface area contributed by atoms with Gasteiger partial charge in [-0.15, -0.1) is 0 Å². The maximum absolute atomic E-state index is 12.2. The normalized spacial score (nSPS) is 19.6. The van der Waals surface area contributed by atoms with Crippen LogP contribution >= 0.6 is 0 Å². The number of benzene rings is 1. The van der Waals surface area contributed by atoms with Crippen molar-refractivity contribution in [1.29, 1.82) is 0 Å². The van der Waals surface area contributed by atoms with E-state index in [9.17, 15) is 9.59 Å². The van der Waals surface area contributed by atoms with Gasteiger partial charge in [0.05, 0.1) is 6.42 Å². The highest BCUT2D eigenvalue weighted by Gasteiger charge is 2.29. The van der Waals surface area contributed by atoms with Gasteiger partial charge < -0.3 is 10.2 Å². The average Bonchev–Trinajstić information content (AvgIpc) is 2.35. The van der Waals surface area contributed by atoms with Crippen molar-refractivity contribution in [3.05, 3.63) is 35.4 Å². The SMILES string of the molecule is Cc1ccccc1CC(=O)N1CCNC(=O)C1C. The molecule has 0 radical (unpaired) electrons. The van der Waals surface area contributed by atoms with Gasteiger partial charge in [0.1, 0.15) is 6.04 Å². The van der Waals surface area contributed by atoms with Crippen LogP contribution in [0.25, 0.3) is 0 Å². The summed E-state index contributed by atoms with van der Waals surface area (Å²) in [5, 5.41) is 2.76. The molecule has 1 aromatic rings. The monoisotopic (exact) mass is 246 g/mol. The van der Waals surface area contributed by atoms with E-state index >= 15 is 0 Å². The zero-order valence-electron chi connectivity index (χ0n) is 10.8. The summed E-state index contributed by atoms with van der Waals surface area (Å²) < 4.78 is 0. The quantitative estimate of drug-likeness (QED) is 0.842. The van der Waals surface area contributed by atoms with E-state index in [4.69, 9.17) is 0 Å². The van der Waals surface area contributed by atoms with E-state index in [0.29, 0.717) is 19.5 Å². The lowest BCUT2D eigenvalue weighted by molar-refractivity contribution is -0.142. The van der Waals surface area contributed by atoms with Gasteiger partial charge in [0.2, 0.25) is 11.8 Å². The van der Waals surface area contributed by atoms with Crippen molar-refractivity contribution in [3.8, 4) is 0 Å². The second kappa shape index (κ2) is 5.21. The van der Waals surface area contributed by atoms with Crippen LogP contribution in [-0.2, 0) is 16.0 Å². The standard InChI is InChI=1S/C14H18N2O2/c1-10-5-3-4-6-12(10)9-13(17)16-8-7-15-14(18)11(16)2/h3-6,11H,7-9H2,1-2H3,(H,15,18). The molecule has 0 aliphatic carbocycles. The minimum absolute atomic E-state index is 0.0200. The van der Waals surface area contributed by atoms with Gasteiger partial charge >= 0.3 is 0 Å². The molecular formula is C14H18N2O2. The Morgan fingerprint density at radius 2 is 2.17 bits per heavy atom. The van der Waals surface area contributed by atoms with Crippen LogP contribution in [0, 0.1) is 6.92 Å². The summed E-state index contributed by atoms with van der Waals surface area (Å²) in [6, 6.07) is 7.48.